The van der Waals surface area contributed by atoms with Crippen LogP contribution in [0.3, 0.4) is 0 Å². The summed E-state index contributed by atoms with van der Waals surface area (Å²) < 4.78 is 16.8. The van der Waals surface area contributed by atoms with Crippen LogP contribution < -0.4 is 24.8 Å². The van der Waals surface area contributed by atoms with E-state index in [1.807, 2.05) is 43.3 Å². The van der Waals surface area contributed by atoms with E-state index in [1.54, 1.807) is 21.3 Å². The van der Waals surface area contributed by atoms with E-state index < -0.39 is 0 Å². The molecule has 2 rings (SSSR count). The Labute approximate surface area is 192 Å². The Morgan fingerprint density at radius 2 is 1.68 bits per heavy atom. The molecule has 0 bridgehead atoms. The second-order valence-electron chi connectivity index (χ2n) is 5.71. The minimum absolute atomic E-state index is 0. The molecule has 0 aliphatic carbocycles. The number of nitrogens with zero attached hydrogens (tertiary/aromatic N) is 1. The molecular formula is C20H27BrIN3O3. The molecule has 154 valence electrons. The number of aliphatic imine (C=N–C) groups is 1. The number of guanidine groups is 1. The van der Waals surface area contributed by atoms with E-state index in [1.165, 1.54) is 0 Å². The maximum absolute atomic E-state index is 5.39. The first-order valence-electron chi connectivity index (χ1n) is 8.66. The van der Waals surface area contributed by atoms with Gasteiger partial charge in [-0.15, -0.1) is 24.0 Å². The van der Waals surface area contributed by atoms with Crippen LogP contribution in [0.15, 0.2) is 45.9 Å². The average molecular weight is 564 g/mol. The fourth-order valence-corrected chi connectivity index (χ4v) is 3.16. The Kier molecular flexibility index (Phi) is 11.1. The molecule has 0 fully saturated rings. The molecule has 0 saturated carbocycles. The first-order chi connectivity index (χ1) is 13.1. The number of hydrogen-bond acceptors (Lipinski definition) is 4. The third-order valence-corrected chi connectivity index (χ3v) is 4.47. The zero-order valence-electron chi connectivity index (χ0n) is 16.5. The van der Waals surface area contributed by atoms with Crippen LogP contribution in [0.1, 0.15) is 18.1 Å². The van der Waals surface area contributed by atoms with Crippen LogP contribution in [0.4, 0.5) is 0 Å². The van der Waals surface area contributed by atoms with Crippen LogP contribution in [-0.2, 0) is 13.1 Å². The molecule has 0 heterocycles. The second kappa shape index (κ2) is 12.7. The molecule has 2 N–H and O–H groups in total. The fourth-order valence-electron chi connectivity index (χ4n) is 2.50. The Hall–Kier alpha value is -1.68. The highest BCUT2D eigenvalue weighted by Gasteiger charge is 2.10. The molecule has 0 unspecified atom stereocenters. The van der Waals surface area contributed by atoms with Crippen LogP contribution in [0.2, 0.25) is 0 Å². The Bertz CT molecular complexity index is 770. The summed E-state index contributed by atoms with van der Waals surface area (Å²) in [4.78, 5) is 4.66. The smallest absolute Gasteiger partial charge is 0.191 e. The van der Waals surface area contributed by atoms with Crippen molar-refractivity contribution < 1.29 is 14.2 Å². The molecule has 6 nitrogen and oxygen atoms in total. The van der Waals surface area contributed by atoms with Gasteiger partial charge in [-0.3, -0.25) is 0 Å². The lowest BCUT2D eigenvalue weighted by atomic mass is 10.2. The Balaban J connectivity index is 0.00000392. The van der Waals surface area contributed by atoms with E-state index in [4.69, 9.17) is 14.2 Å². The van der Waals surface area contributed by atoms with Gasteiger partial charge in [0.2, 0.25) is 0 Å². The lowest BCUT2D eigenvalue weighted by Gasteiger charge is -2.13. The topological polar surface area (TPSA) is 64.1 Å². The summed E-state index contributed by atoms with van der Waals surface area (Å²) in [6.45, 7) is 4.00. The molecule has 0 aromatic heterocycles. The monoisotopic (exact) mass is 563 g/mol. The Morgan fingerprint density at radius 1 is 0.964 bits per heavy atom. The molecule has 0 saturated heterocycles. The van der Waals surface area contributed by atoms with Crippen molar-refractivity contribution in [3.63, 3.8) is 0 Å². The van der Waals surface area contributed by atoms with Crippen LogP contribution >= 0.6 is 39.9 Å². The molecule has 2 aromatic carbocycles. The standard InChI is InChI=1S/C20H26BrN3O3.HI/c1-5-22-20(23-12-14-6-8-16(25-2)9-7-14)24-13-15-10-17(21)19(27-4)18(11-15)26-3;/h6-11H,5,12-13H2,1-4H3,(H2,22,23,24);1H. The summed E-state index contributed by atoms with van der Waals surface area (Å²) in [7, 11) is 4.90. The van der Waals surface area contributed by atoms with E-state index in [0.29, 0.717) is 24.6 Å². The maximum Gasteiger partial charge on any atom is 0.191 e. The summed E-state index contributed by atoms with van der Waals surface area (Å²) in [6, 6.07) is 11.9. The van der Waals surface area contributed by atoms with Crippen molar-refractivity contribution >= 4 is 45.9 Å². The third-order valence-electron chi connectivity index (χ3n) is 3.88. The van der Waals surface area contributed by atoms with Gasteiger partial charge in [0.15, 0.2) is 17.5 Å². The van der Waals surface area contributed by atoms with Crippen LogP contribution in [0.25, 0.3) is 0 Å². The van der Waals surface area contributed by atoms with Crippen molar-refractivity contribution in [3.05, 3.63) is 52.0 Å². The largest absolute Gasteiger partial charge is 0.497 e. The molecule has 0 radical (unpaired) electrons. The minimum Gasteiger partial charge on any atom is -0.497 e. The fraction of sp³-hybridized carbons (Fsp3) is 0.350. The van der Waals surface area contributed by atoms with Gasteiger partial charge in [-0.2, -0.15) is 0 Å². The normalized spacial score (nSPS) is 10.7. The highest BCUT2D eigenvalue weighted by molar-refractivity contribution is 14.0. The number of hydrogen-bond donors (Lipinski definition) is 2. The number of benzene rings is 2. The van der Waals surface area contributed by atoms with Crippen molar-refractivity contribution in [1.82, 2.24) is 10.6 Å². The lowest BCUT2D eigenvalue weighted by Crippen LogP contribution is -2.36. The van der Waals surface area contributed by atoms with E-state index in [9.17, 15) is 0 Å². The van der Waals surface area contributed by atoms with E-state index in [2.05, 4.69) is 31.6 Å². The molecule has 28 heavy (non-hydrogen) atoms. The summed E-state index contributed by atoms with van der Waals surface area (Å²) in [5.74, 6) is 2.95. The van der Waals surface area contributed by atoms with Crippen molar-refractivity contribution in [2.45, 2.75) is 20.0 Å². The first kappa shape index (κ1) is 24.4. The van der Waals surface area contributed by atoms with Crippen molar-refractivity contribution in [2.24, 2.45) is 4.99 Å². The number of ether oxygens (including phenoxy) is 3. The summed E-state index contributed by atoms with van der Waals surface area (Å²) >= 11 is 3.51. The van der Waals surface area contributed by atoms with Gasteiger partial charge < -0.3 is 24.8 Å². The van der Waals surface area contributed by atoms with Gasteiger partial charge in [-0.05, 0) is 58.2 Å². The van der Waals surface area contributed by atoms with E-state index >= 15 is 0 Å². The highest BCUT2D eigenvalue weighted by atomic mass is 127. The highest BCUT2D eigenvalue weighted by Crippen LogP contribution is 2.36. The summed E-state index contributed by atoms with van der Waals surface area (Å²) in [5.41, 5.74) is 2.16. The van der Waals surface area contributed by atoms with E-state index in [-0.39, 0.29) is 24.0 Å². The van der Waals surface area contributed by atoms with Crippen LogP contribution in [0, 0.1) is 0 Å². The van der Waals surface area contributed by atoms with Crippen LogP contribution in [0.5, 0.6) is 17.2 Å². The summed E-state index contributed by atoms with van der Waals surface area (Å²) in [6.07, 6.45) is 0. The third kappa shape index (κ3) is 7.05. The Morgan fingerprint density at radius 3 is 2.25 bits per heavy atom. The zero-order valence-corrected chi connectivity index (χ0v) is 20.5. The number of halogens is 2. The van der Waals surface area contributed by atoms with Gasteiger partial charge in [0, 0.05) is 13.1 Å². The molecule has 0 spiro atoms. The average Bonchev–Trinajstić information content (AvgIpc) is 2.69. The number of rotatable bonds is 8. The molecule has 0 aliphatic rings. The zero-order chi connectivity index (χ0) is 19.6. The molecule has 0 aliphatic heterocycles. The van der Waals surface area contributed by atoms with Gasteiger partial charge in [0.1, 0.15) is 5.75 Å². The maximum atomic E-state index is 5.39. The van der Waals surface area contributed by atoms with Gasteiger partial charge in [-0.25, -0.2) is 4.99 Å². The second-order valence-corrected chi connectivity index (χ2v) is 6.56. The molecule has 2 aromatic rings. The van der Waals surface area contributed by atoms with Crippen LogP contribution in [-0.4, -0.2) is 33.8 Å². The van der Waals surface area contributed by atoms with Gasteiger partial charge in [0.05, 0.1) is 32.3 Å². The van der Waals surface area contributed by atoms with Crippen molar-refractivity contribution in [1.29, 1.82) is 0 Å². The molecule has 0 amide bonds. The predicted molar refractivity (Wildman–Crippen MR) is 127 cm³/mol. The molecule has 0 atom stereocenters. The summed E-state index contributed by atoms with van der Waals surface area (Å²) in [5, 5.41) is 6.60. The van der Waals surface area contributed by atoms with Crippen molar-refractivity contribution in [3.8, 4) is 17.2 Å². The quantitative estimate of drug-likeness (QED) is 0.284. The first-order valence-corrected chi connectivity index (χ1v) is 9.46. The number of nitrogens with one attached hydrogen (secondary N) is 2. The van der Waals surface area contributed by atoms with E-state index in [0.717, 1.165) is 33.9 Å². The molecule has 8 heteroatoms. The van der Waals surface area contributed by atoms with Crippen molar-refractivity contribution in [2.75, 3.05) is 27.9 Å². The molecular weight excluding hydrogens is 537 g/mol. The SMILES string of the molecule is CCNC(=NCc1cc(Br)c(OC)c(OC)c1)NCc1ccc(OC)cc1.I. The predicted octanol–water partition coefficient (Wildman–Crippen LogP) is 4.35. The van der Waals surface area contributed by atoms with Gasteiger partial charge in [0.25, 0.3) is 0 Å². The number of methoxy groups -OCH3 is 3. The van der Waals surface area contributed by atoms with Gasteiger partial charge >= 0.3 is 0 Å². The van der Waals surface area contributed by atoms with Gasteiger partial charge in [-0.1, -0.05) is 12.1 Å². The minimum atomic E-state index is 0. The lowest BCUT2D eigenvalue weighted by molar-refractivity contribution is 0.352.